The maximum absolute atomic E-state index is 15.1. The molecule has 2 fully saturated rings. The second-order valence-electron chi connectivity index (χ2n) is 9.96. The van der Waals surface area contributed by atoms with Crippen LogP contribution >= 0.6 is 12.2 Å². The van der Waals surface area contributed by atoms with E-state index in [1.165, 1.54) is 17.9 Å². The van der Waals surface area contributed by atoms with E-state index >= 15 is 4.39 Å². The number of Topliss-reactive ketones (excluding diaryl/α,β-unsaturated/α-hetero) is 1. The monoisotopic (exact) mass is 583 g/mol. The maximum Gasteiger partial charge on any atom is 0.414 e. The highest BCUT2D eigenvalue weighted by molar-refractivity contribution is 7.80. The summed E-state index contributed by atoms with van der Waals surface area (Å²) in [5, 5.41) is 5.71. The summed E-state index contributed by atoms with van der Waals surface area (Å²) in [5.41, 5.74) is 1.89. The summed E-state index contributed by atoms with van der Waals surface area (Å²) < 4.78 is 20.5. The van der Waals surface area contributed by atoms with Crippen molar-refractivity contribution in [1.82, 2.24) is 10.2 Å². The average Bonchev–Trinajstić information content (AvgIpc) is 3.34. The van der Waals surface area contributed by atoms with Gasteiger partial charge in [0.2, 0.25) is 11.8 Å². The Kier molecular flexibility index (Phi) is 9.87. The summed E-state index contributed by atoms with van der Waals surface area (Å²) in [6, 6.07) is 11.2. The van der Waals surface area contributed by atoms with E-state index in [9.17, 15) is 19.2 Å². The number of ether oxygens (including phenoxy) is 1. The molecule has 0 spiro atoms. The largest absolute Gasteiger partial charge is 0.442 e. The van der Waals surface area contributed by atoms with Crippen LogP contribution in [0.3, 0.4) is 0 Å². The second kappa shape index (κ2) is 13.5. The minimum Gasteiger partial charge on any atom is -0.442 e. The molecule has 0 aromatic heterocycles. The third kappa shape index (κ3) is 7.78. The molecule has 12 heteroatoms. The predicted octanol–water partition coefficient (Wildman–Crippen LogP) is 3.75. The minimum absolute atomic E-state index is 0.0791. The number of rotatable bonds is 10. The number of nitrogens with one attached hydrogen (secondary N) is 2. The Labute approximate surface area is 243 Å². The first-order valence-corrected chi connectivity index (χ1v) is 14.0. The molecule has 41 heavy (non-hydrogen) atoms. The summed E-state index contributed by atoms with van der Waals surface area (Å²) in [5.74, 6) is -0.931. The van der Waals surface area contributed by atoms with E-state index in [-0.39, 0.29) is 36.5 Å². The molecule has 2 heterocycles. The Bertz CT molecular complexity index is 1310. The van der Waals surface area contributed by atoms with E-state index < -0.39 is 11.9 Å². The van der Waals surface area contributed by atoms with Gasteiger partial charge in [-0.2, -0.15) is 0 Å². The topological polar surface area (TPSA) is 111 Å². The molecule has 0 radical (unpaired) electrons. The molecule has 3 amide bonds. The zero-order valence-corrected chi connectivity index (χ0v) is 24.0. The highest BCUT2D eigenvalue weighted by atomic mass is 32.1. The van der Waals surface area contributed by atoms with Gasteiger partial charge in [0.15, 0.2) is 5.78 Å². The van der Waals surface area contributed by atoms with Crippen molar-refractivity contribution in [3.63, 3.8) is 0 Å². The summed E-state index contributed by atoms with van der Waals surface area (Å²) in [4.78, 5) is 54.4. The van der Waals surface area contributed by atoms with Crippen LogP contribution in [-0.4, -0.2) is 79.0 Å². The van der Waals surface area contributed by atoms with Crippen LogP contribution in [0.1, 0.15) is 43.5 Å². The fourth-order valence-corrected chi connectivity index (χ4v) is 4.86. The van der Waals surface area contributed by atoms with Crippen LogP contribution in [0.2, 0.25) is 0 Å². The number of cyclic esters (lactones) is 1. The number of thiocarbonyl (C=S) groups is 1. The molecule has 0 bridgehead atoms. The molecule has 218 valence electrons. The van der Waals surface area contributed by atoms with Crippen molar-refractivity contribution < 1.29 is 28.3 Å². The molecule has 4 rings (SSSR count). The molecule has 2 N–H and O–H groups in total. The molecule has 2 aliphatic rings. The number of benzene rings is 2. The minimum atomic E-state index is -0.529. The van der Waals surface area contributed by atoms with Crippen molar-refractivity contribution in [2.24, 2.45) is 0 Å². The van der Waals surface area contributed by atoms with Crippen LogP contribution in [0, 0.1) is 5.82 Å². The van der Waals surface area contributed by atoms with Gasteiger partial charge < -0.3 is 25.2 Å². The van der Waals surface area contributed by atoms with Gasteiger partial charge in [-0.25, -0.2) is 9.18 Å². The first kappa shape index (κ1) is 29.9. The van der Waals surface area contributed by atoms with Gasteiger partial charge >= 0.3 is 6.09 Å². The number of piperazine rings is 1. The summed E-state index contributed by atoms with van der Waals surface area (Å²) in [6.07, 6.45) is -0.0466. The lowest BCUT2D eigenvalue weighted by Gasteiger charge is -2.36. The van der Waals surface area contributed by atoms with Gasteiger partial charge in [0.1, 0.15) is 11.9 Å². The molecule has 2 aromatic rings. The third-order valence-electron chi connectivity index (χ3n) is 7.03. The van der Waals surface area contributed by atoms with Gasteiger partial charge in [-0.1, -0.05) is 19.1 Å². The maximum atomic E-state index is 15.1. The van der Waals surface area contributed by atoms with E-state index in [0.29, 0.717) is 73.3 Å². The molecule has 10 nitrogen and oxygen atoms in total. The smallest absolute Gasteiger partial charge is 0.414 e. The van der Waals surface area contributed by atoms with Crippen LogP contribution < -0.4 is 20.4 Å². The first-order chi connectivity index (χ1) is 19.6. The van der Waals surface area contributed by atoms with Crippen molar-refractivity contribution in [2.45, 2.75) is 39.2 Å². The number of amides is 3. The molecule has 1 unspecified atom stereocenters. The molecule has 0 aliphatic carbocycles. The van der Waals surface area contributed by atoms with Gasteiger partial charge in [-0.15, -0.1) is 0 Å². The molecule has 2 saturated heterocycles. The SMILES string of the molecule is CCC(=S)NCC1CN(c2ccc(N3CCN(C(=O)CCC(=O)c4ccc(NC(C)=O)cc4)CC3)c(F)c2)C(=O)O1. The van der Waals surface area contributed by atoms with Gasteiger partial charge in [0, 0.05) is 57.2 Å². The molecule has 2 aliphatic heterocycles. The highest BCUT2D eigenvalue weighted by Gasteiger charge is 2.33. The molecule has 1 atom stereocenters. The number of hydrogen-bond acceptors (Lipinski definition) is 7. The zero-order valence-electron chi connectivity index (χ0n) is 23.2. The zero-order chi connectivity index (χ0) is 29.5. The lowest BCUT2D eigenvalue weighted by Crippen LogP contribution is -2.49. The Morgan fingerprint density at radius 2 is 1.76 bits per heavy atom. The van der Waals surface area contributed by atoms with Crippen LogP contribution in [0.4, 0.5) is 26.2 Å². The Morgan fingerprint density at radius 1 is 1.05 bits per heavy atom. The highest BCUT2D eigenvalue weighted by Crippen LogP contribution is 2.28. The number of anilines is 3. The standard InChI is InChI=1S/C29H34FN5O5S/c1-3-27(41)31-17-23-18-35(29(39)40-23)22-8-9-25(24(30)16-22)33-12-14-34(15-13-33)28(38)11-10-26(37)20-4-6-21(7-5-20)32-19(2)36/h4-9,16,23H,3,10-15,17-18H2,1-2H3,(H,31,41)(H,32,36). The van der Waals surface area contributed by atoms with Crippen LogP contribution in [0.5, 0.6) is 0 Å². The summed E-state index contributed by atoms with van der Waals surface area (Å²) in [6.45, 7) is 5.74. The normalized spacial score (nSPS) is 16.8. The number of ketones is 1. The van der Waals surface area contributed by atoms with E-state index in [0.717, 1.165) is 0 Å². The van der Waals surface area contributed by atoms with E-state index in [1.54, 1.807) is 41.3 Å². The summed E-state index contributed by atoms with van der Waals surface area (Å²) in [7, 11) is 0. The number of hydrogen-bond donors (Lipinski definition) is 2. The fraction of sp³-hybridized carbons (Fsp3) is 0.414. The van der Waals surface area contributed by atoms with Crippen LogP contribution in [-0.2, 0) is 14.3 Å². The van der Waals surface area contributed by atoms with Crippen LogP contribution in [0.15, 0.2) is 42.5 Å². The van der Waals surface area contributed by atoms with E-state index in [4.69, 9.17) is 17.0 Å². The number of carbonyl (C=O) groups excluding carboxylic acids is 4. The van der Waals surface area contributed by atoms with Gasteiger partial charge in [-0.3, -0.25) is 19.3 Å². The fourth-order valence-electron chi connectivity index (χ4n) is 4.77. The number of halogens is 1. The van der Waals surface area contributed by atoms with Gasteiger partial charge in [0.05, 0.1) is 29.5 Å². The van der Waals surface area contributed by atoms with Gasteiger partial charge in [-0.05, 0) is 48.9 Å². The average molecular weight is 584 g/mol. The molecular formula is C29H34FN5O5S. The number of carbonyl (C=O) groups is 4. The van der Waals surface area contributed by atoms with Gasteiger partial charge in [0.25, 0.3) is 0 Å². The van der Waals surface area contributed by atoms with E-state index in [1.807, 2.05) is 11.8 Å². The lowest BCUT2D eigenvalue weighted by atomic mass is 10.1. The lowest BCUT2D eigenvalue weighted by molar-refractivity contribution is -0.131. The third-order valence-corrected chi connectivity index (χ3v) is 7.46. The Balaban J connectivity index is 1.25. The molecule has 0 saturated carbocycles. The molecular weight excluding hydrogens is 549 g/mol. The summed E-state index contributed by atoms with van der Waals surface area (Å²) >= 11 is 5.15. The number of nitrogens with zero attached hydrogens (tertiary/aromatic N) is 3. The van der Waals surface area contributed by atoms with Crippen molar-refractivity contribution >= 4 is 58.0 Å². The molecule has 2 aromatic carbocycles. The van der Waals surface area contributed by atoms with Crippen molar-refractivity contribution in [2.75, 3.05) is 54.4 Å². The Hall–Kier alpha value is -4.06. The predicted molar refractivity (Wildman–Crippen MR) is 158 cm³/mol. The second-order valence-corrected chi connectivity index (χ2v) is 10.5. The van der Waals surface area contributed by atoms with Crippen molar-refractivity contribution in [3.05, 3.63) is 53.8 Å². The quantitative estimate of drug-likeness (QED) is 0.322. The van der Waals surface area contributed by atoms with E-state index in [2.05, 4.69) is 10.6 Å². The van der Waals surface area contributed by atoms with Crippen molar-refractivity contribution in [3.8, 4) is 0 Å². The van der Waals surface area contributed by atoms with Crippen molar-refractivity contribution in [1.29, 1.82) is 0 Å². The van der Waals surface area contributed by atoms with Crippen LogP contribution in [0.25, 0.3) is 0 Å². The first-order valence-electron chi connectivity index (χ1n) is 13.6. The Morgan fingerprint density at radius 3 is 2.39 bits per heavy atom.